The Bertz CT molecular complexity index is 1190. The minimum Gasteiger partial charge on any atom is -0.462 e. The molecular formula is C65H120O6. The number of carbonyl (C=O) groups excluding carboxylic acids is 3. The Morgan fingerprint density at radius 3 is 0.789 bits per heavy atom. The monoisotopic (exact) mass is 997 g/mol. The Hall–Kier alpha value is -2.37. The summed E-state index contributed by atoms with van der Waals surface area (Å²) in [6.45, 7) is 6.60. The van der Waals surface area contributed by atoms with E-state index in [9.17, 15) is 14.4 Å². The first-order chi connectivity index (χ1) is 35.0. The van der Waals surface area contributed by atoms with Crippen molar-refractivity contribution in [2.24, 2.45) is 0 Å². The molecule has 416 valence electrons. The molecule has 0 aromatic heterocycles. The van der Waals surface area contributed by atoms with E-state index in [0.717, 1.165) is 77.0 Å². The van der Waals surface area contributed by atoms with E-state index in [2.05, 4.69) is 57.2 Å². The predicted molar refractivity (Wildman–Crippen MR) is 307 cm³/mol. The van der Waals surface area contributed by atoms with Gasteiger partial charge in [0.25, 0.3) is 0 Å². The summed E-state index contributed by atoms with van der Waals surface area (Å²) in [7, 11) is 0. The second-order valence-corrected chi connectivity index (χ2v) is 21.3. The molecule has 0 spiro atoms. The molecule has 1 unspecified atom stereocenters. The van der Waals surface area contributed by atoms with Crippen LogP contribution in [0.5, 0.6) is 0 Å². The lowest BCUT2D eigenvalue weighted by molar-refractivity contribution is -0.167. The standard InChI is InChI=1S/C65H120O6/c1-4-7-10-13-15-17-19-21-23-25-27-29-30-31-32-33-34-36-37-39-41-43-45-47-49-52-55-58-64(67)70-61-62(60-69-63(66)57-54-51-12-9-6-3)71-65(68)59-56-53-50-48-46-44-42-40-38-35-28-26-24-22-20-18-16-14-11-8-5-2/h19,21,25,27,30-31,62H,4-18,20,22-24,26,28-29,32-61H2,1-3H3/b21-19-,27-25-,31-30-. The van der Waals surface area contributed by atoms with E-state index in [0.29, 0.717) is 19.3 Å². The molecular weight excluding hydrogens is 877 g/mol. The van der Waals surface area contributed by atoms with Crippen LogP contribution < -0.4 is 0 Å². The molecule has 0 aliphatic carbocycles. The molecule has 6 heteroatoms. The second-order valence-electron chi connectivity index (χ2n) is 21.3. The normalized spacial score (nSPS) is 12.2. The van der Waals surface area contributed by atoms with Crippen LogP contribution in [-0.4, -0.2) is 37.2 Å². The van der Waals surface area contributed by atoms with Gasteiger partial charge in [-0.05, 0) is 57.8 Å². The Balaban J connectivity index is 4.00. The molecule has 0 fully saturated rings. The third-order valence-electron chi connectivity index (χ3n) is 14.1. The van der Waals surface area contributed by atoms with Crippen LogP contribution in [0.4, 0.5) is 0 Å². The highest BCUT2D eigenvalue weighted by Gasteiger charge is 2.19. The van der Waals surface area contributed by atoms with Crippen molar-refractivity contribution in [3.63, 3.8) is 0 Å². The SMILES string of the molecule is CCCCCCC/C=C\C/C=C\C/C=C\CCCCCCCCCCCCCCC(=O)OCC(COC(=O)CCCCCCC)OC(=O)CCCCCCCCCCCCCCCCCCCCCCC. The van der Waals surface area contributed by atoms with Gasteiger partial charge in [-0.1, -0.05) is 301 Å². The zero-order valence-electron chi connectivity index (χ0n) is 47.8. The smallest absolute Gasteiger partial charge is 0.306 e. The molecule has 0 rings (SSSR count). The largest absolute Gasteiger partial charge is 0.462 e. The van der Waals surface area contributed by atoms with Gasteiger partial charge in [-0.25, -0.2) is 0 Å². The molecule has 6 nitrogen and oxygen atoms in total. The van der Waals surface area contributed by atoms with Crippen molar-refractivity contribution < 1.29 is 28.6 Å². The maximum Gasteiger partial charge on any atom is 0.306 e. The summed E-state index contributed by atoms with van der Waals surface area (Å²) >= 11 is 0. The van der Waals surface area contributed by atoms with Crippen molar-refractivity contribution in [1.29, 1.82) is 0 Å². The lowest BCUT2D eigenvalue weighted by Crippen LogP contribution is -2.30. The van der Waals surface area contributed by atoms with Crippen LogP contribution in [0.2, 0.25) is 0 Å². The lowest BCUT2D eigenvalue weighted by Gasteiger charge is -2.18. The second kappa shape index (κ2) is 60.2. The molecule has 0 aromatic carbocycles. The average molecular weight is 998 g/mol. The van der Waals surface area contributed by atoms with Crippen LogP contribution in [0.15, 0.2) is 36.5 Å². The molecule has 0 amide bonds. The molecule has 71 heavy (non-hydrogen) atoms. The van der Waals surface area contributed by atoms with Crippen LogP contribution in [0, 0.1) is 0 Å². The first-order valence-electron chi connectivity index (χ1n) is 31.5. The third kappa shape index (κ3) is 58.4. The van der Waals surface area contributed by atoms with E-state index < -0.39 is 6.10 Å². The summed E-state index contributed by atoms with van der Waals surface area (Å²) in [5.41, 5.74) is 0. The van der Waals surface area contributed by atoms with E-state index in [4.69, 9.17) is 14.2 Å². The van der Waals surface area contributed by atoms with E-state index in [1.54, 1.807) is 0 Å². The molecule has 0 heterocycles. The van der Waals surface area contributed by atoms with Gasteiger partial charge in [0.15, 0.2) is 6.10 Å². The Kier molecular flexibility index (Phi) is 58.2. The first kappa shape index (κ1) is 68.6. The number of allylic oxidation sites excluding steroid dienone is 6. The molecule has 1 atom stereocenters. The quantitative estimate of drug-likeness (QED) is 0.0261. The van der Waals surface area contributed by atoms with E-state index in [-0.39, 0.29) is 31.1 Å². The molecule has 0 radical (unpaired) electrons. The van der Waals surface area contributed by atoms with Gasteiger partial charge >= 0.3 is 17.9 Å². The highest BCUT2D eigenvalue weighted by Crippen LogP contribution is 2.17. The van der Waals surface area contributed by atoms with Gasteiger partial charge in [-0.2, -0.15) is 0 Å². The molecule has 0 saturated heterocycles. The maximum absolute atomic E-state index is 12.8. The molecule has 0 N–H and O–H groups in total. The zero-order chi connectivity index (χ0) is 51.4. The number of ether oxygens (including phenoxy) is 3. The summed E-state index contributed by atoms with van der Waals surface area (Å²) in [5, 5.41) is 0. The Morgan fingerprint density at radius 1 is 0.282 bits per heavy atom. The zero-order valence-corrected chi connectivity index (χ0v) is 47.8. The maximum atomic E-state index is 12.8. The average Bonchev–Trinajstić information content (AvgIpc) is 3.37. The van der Waals surface area contributed by atoms with Gasteiger partial charge in [-0.3, -0.25) is 14.4 Å². The number of hydrogen-bond acceptors (Lipinski definition) is 6. The summed E-state index contributed by atoms with van der Waals surface area (Å²) in [4.78, 5) is 37.9. The number of unbranched alkanes of at least 4 members (excludes halogenated alkanes) is 41. The van der Waals surface area contributed by atoms with E-state index in [1.807, 2.05) is 0 Å². The summed E-state index contributed by atoms with van der Waals surface area (Å²) in [5.74, 6) is -0.864. The summed E-state index contributed by atoms with van der Waals surface area (Å²) in [6.07, 6.45) is 73.4. The summed E-state index contributed by atoms with van der Waals surface area (Å²) < 4.78 is 16.8. The Labute approximate surface area is 442 Å². The fourth-order valence-electron chi connectivity index (χ4n) is 9.39. The first-order valence-corrected chi connectivity index (χ1v) is 31.5. The van der Waals surface area contributed by atoms with Crippen LogP contribution >= 0.6 is 0 Å². The predicted octanol–water partition coefficient (Wildman–Crippen LogP) is 21.2. The number of esters is 3. The van der Waals surface area contributed by atoms with Crippen molar-refractivity contribution in [3.8, 4) is 0 Å². The van der Waals surface area contributed by atoms with Gasteiger partial charge in [-0.15, -0.1) is 0 Å². The number of hydrogen-bond donors (Lipinski definition) is 0. The highest BCUT2D eigenvalue weighted by atomic mass is 16.6. The van der Waals surface area contributed by atoms with Crippen molar-refractivity contribution in [2.75, 3.05) is 13.2 Å². The van der Waals surface area contributed by atoms with Gasteiger partial charge in [0.2, 0.25) is 0 Å². The molecule has 0 saturated carbocycles. The lowest BCUT2D eigenvalue weighted by atomic mass is 10.0. The van der Waals surface area contributed by atoms with E-state index in [1.165, 1.54) is 225 Å². The van der Waals surface area contributed by atoms with E-state index >= 15 is 0 Å². The molecule has 0 aromatic rings. The molecule has 0 aliphatic rings. The van der Waals surface area contributed by atoms with Gasteiger partial charge in [0.1, 0.15) is 13.2 Å². The fourth-order valence-corrected chi connectivity index (χ4v) is 9.39. The van der Waals surface area contributed by atoms with Gasteiger partial charge in [0, 0.05) is 19.3 Å². The molecule has 0 bridgehead atoms. The van der Waals surface area contributed by atoms with Crippen molar-refractivity contribution >= 4 is 17.9 Å². The highest BCUT2D eigenvalue weighted by molar-refractivity contribution is 5.71. The van der Waals surface area contributed by atoms with Crippen LogP contribution in [-0.2, 0) is 28.6 Å². The number of carbonyl (C=O) groups is 3. The number of rotatable bonds is 58. The van der Waals surface area contributed by atoms with Crippen LogP contribution in [0.3, 0.4) is 0 Å². The third-order valence-corrected chi connectivity index (χ3v) is 14.1. The fraction of sp³-hybridized carbons (Fsp3) is 0.862. The van der Waals surface area contributed by atoms with Crippen molar-refractivity contribution in [1.82, 2.24) is 0 Å². The minimum atomic E-state index is -0.766. The van der Waals surface area contributed by atoms with Gasteiger partial charge < -0.3 is 14.2 Å². The minimum absolute atomic E-state index is 0.0691. The molecule has 0 aliphatic heterocycles. The van der Waals surface area contributed by atoms with Crippen LogP contribution in [0.25, 0.3) is 0 Å². The van der Waals surface area contributed by atoms with Crippen molar-refractivity contribution in [3.05, 3.63) is 36.5 Å². The topological polar surface area (TPSA) is 78.9 Å². The van der Waals surface area contributed by atoms with Crippen molar-refractivity contribution in [2.45, 2.75) is 348 Å². The Morgan fingerprint density at radius 2 is 0.507 bits per heavy atom. The summed E-state index contributed by atoms with van der Waals surface area (Å²) in [6, 6.07) is 0. The van der Waals surface area contributed by atoms with Crippen LogP contribution in [0.1, 0.15) is 342 Å². The van der Waals surface area contributed by atoms with Gasteiger partial charge in [0.05, 0.1) is 0 Å².